The summed E-state index contributed by atoms with van der Waals surface area (Å²) in [7, 11) is 0. The third kappa shape index (κ3) is 5.43. The van der Waals surface area contributed by atoms with Crippen molar-refractivity contribution in [2.75, 3.05) is 24.6 Å². The van der Waals surface area contributed by atoms with Crippen LogP contribution in [0.15, 0.2) is 36.7 Å². The van der Waals surface area contributed by atoms with E-state index in [9.17, 15) is 18.0 Å². The Morgan fingerprint density at radius 1 is 1.12 bits per heavy atom. The Morgan fingerprint density at radius 3 is 2.44 bits per heavy atom. The van der Waals surface area contributed by atoms with Crippen LogP contribution in [0.3, 0.4) is 0 Å². The smallest absolute Gasteiger partial charge is 0.484 e. The van der Waals surface area contributed by atoms with E-state index in [1.165, 1.54) is 0 Å². The van der Waals surface area contributed by atoms with Gasteiger partial charge in [-0.1, -0.05) is 11.6 Å². The molecule has 0 spiro atoms. The van der Waals surface area contributed by atoms with Crippen molar-refractivity contribution in [2.45, 2.75) is 50.2 Å². The molecule has 1 aromatic carbocycles. The van der Waals surface area contributed by atoms with Crippen molar-refractivity contribution in [1.29, 1.82) is 0 Å². The molecule has 0 radical (unpaired) electrons. The fourth-order valence-corrected chi connectivity index (χ4v) is 5.43. The van der Waals surface area contributed by atoms with Crippen LogP contribution in [0.1, 0.15) is 31.7 Å². The molecule has 11 heteroatoms. The molecule has 2 saturated carbocycles. The Morgan fingerprint density at radius 2 is 1.79 bits per heavy atom. The predicted octanol–water partition coefficient (Wildman–Crippen LogP) is 4.19. The quantitative estimate of drug-likeness (QED) is 0.620. The molecule has 2 aromatic rings. The number of carbonyl (C=O) groups is 1. The maximum absolute atomic E-state index is 12.3. The molecule has 1 aliphatic heterocycles. The van der Waals surface area contributed by atoms with Crippen LogP contribution in [0.25, 0.3) is 0 Å². The van der Waals surface area contributed by atoms with E-state index in [-0.39, 0.29) is 24.6 Å². The van der Waals surface area contributed by atoms with E-state index in [0.717, 1.165) is 31.6 Å². The summed E-state index contributed by atoms with van der Waals surface area (Å²) in [6, 6.07) is 6.97. The van der Waals surface area contributed by atoms with E-state index in [1.807, 2.05) is 6.20 Å². The van der Waals surface area contributed by atoms with Gasteiger partial charge in [0.05, 0.1) is 24.0 Å². The van der Waals surface area contributed by atoms with Gasteiger partial charge in [0.1, 0.15) is 5.75 Å². The maximum Gasteiger partial charge on any atom is 0.522 e. The fourth-order valence-electron chi connectivity index (χ4n) is 5.31. The summed E-state index contributed by atoms with van der Waals surface area (Å²) in [4.78, 5) is 14.6. The van der Waals surface area contributed by atoms with Crippen LogP contribution in [-0.2, 0) is 9.53 Å². The zero-order chi connectivity index (χ0) is 23.9. The molecule has 0 bridgehead atoms. The predicted molar refractivity (Wildman–Crippen MR) is 119 cm³/mol. The zero-order valence-corrected chi connectivity index (χ0v) is 19.1. The van der Waals surface area contributed by atoms with Crippen molar-refractivity contribution in [3.8, 4) is 5.75 Å². The van der Waals surface area contributed by atoms with Gasteiger partial charge in [0.15, 0.2) is 6.61 Å². The molecular formula is C23H26ClF3N4O3. The first-order valence-corrected chi connectivity index (χ1v) is 11.8. The van der Waals surface area contributed by atoms with Crippen molar-refractivity contribution in [3.05, 3.63) is 41.7 Å². The summed E-state index contributed by atoms with van der Waals surface area (Å²) in [5.74, 6) is 1.44. The highest BCUT2D eigenvalue weighted by Gasteiger charge is 2.43. The SMILES string of the molecule is O=C(COc1ccc(Cl)cc1)NC1CC2CN(c3cnn(C4CC(OC(F)(F)F)C4)c3)CC2C1. The van der Waals surface area contributed by atoms with Gasteiger partial charge in [-0.15, -0.1) is 13.2 Å². The van der Waals surface area contributed by atoms with Gasteiger partial charge in [-0.2, -0.15) is 5.10 Å². The first kappa shape index (κ1) is 23.3. The lowest BCUT2D eigenvalue weighted by molar-refractivity contribution is -0.353. The molecule has 2 heterocycles. The van der Waals surface area contributed by atoms with Gasteiger partial charge >= 0.3 is 6.36 Å². The molecule has 3 aliphatic rings. The van der Waals surface area contributed by atoms with Gasteiger partial charge in [0.2, 0.25) is 0 Å². The summed E-state index contributed by atoms with van der Waals surface area (Å²) in [6.07, 6.45) is 0.799. The number of hydrogen-bond acceptors (Lipinski definition) is 5. The van der Waals surface area contributed by atoms with Crippen LogP contribution in [0.5, 0.6) is 5.75 Å². The fraction of sp³-hybridized carbons (Fsp3) is 0.565. The summed E-state index contributed by atoms with van der Waals surface area (Å²) >= 11 is 5.85. The number of hydrogen-bond donors (Lipinski definition) is 1. The Labute approximate surface area is 200 Å². The number of alkyl halides is 3. The molecular weight excluding hydrogens is 473 g/mol. The first-order valence-electron chi connectivity index (χ1n) is 11.4. The number of aromatic nitrogens is 2. The van der Waals surface area contributed by atoms with E-state index < -0.39 is 12.5 Å². The van der Waals surface area contributed by atoms with E-state index >= 15 is 0 Å². The summed E-state index contributed by atoms with van der Waals surface area (Å²) in [6.45, 7) is 1.73. The molecule has 34 heavy (non-hydrogen) atoms. The average molecular weight is 499 g/mol. The highest BCUT2D eigenvalue weighted by molar-refractivity contribution is 6.30. The third-order valence-electron chi connectivity index (χ3n) is 7.00. The first-order chi connectivity index (χ1) is 16.2. The molecule has 3 fully saturated rings. The summed E-state index contributed by atoms with van der Waals surface area (Å²) in [5, 5.41) is 8.07. The van der Waals surface area contributed by atoms with Gasteiger partial charge in [0, 0.05) is 30.4 Å². The average Bonchev–Trinajstić information content (AvgIpc) is 3.44. The molecule has 7 nitrogen and oxygen atoms in total. The monoisotopic (exact) mass is 498 g/mol. The Hall–Kier alpha value is -2.46. The molecule has 184 valence electrons. The van der Waals surface area contributed by atoms with Crippen LogP contribution in [0, 0.1) is 11.8 Å². The topological polar surface area (TPSA) is 68.6 Å². The number of carbonyl (C=O) groups excluding carboxylic acids is 1. The second-order valence-corrected chi connectivity index (χ2v) is 9.83. The van der Waals surface area contributed by atoms with Crippen molar-refractivity contribution in [3.63, 3.8) is 0 Å². The standard InChI is InChI=1S/C23H26ClF3N4O3/c24-16-1-3-20(4-2-16)33-13-22(32)29-17-5-14-10-30(11-15(14)6-17)19-9-28-31(12-19)18-7-21(8-18)34-23(25,26)27/h1-4,9,12,14-15,17-18,21H,5-8,10-11,13H2,(H,29,32). The lowest BCUT2D eigenvalue weighted by Gasteiger charge is -2.35. The second kappa shape index (κ2) is 9.30. The number of rotatable bonds is 7. The van der Waals surface area contributed by atoms with Crippen LogP contribution in [-0.4, -0.2) is 53.9 Å². The van der Waals surface area contributed by atoms with Crippen molar-refractivity contribution >= 4 is 23.2 Å². The maximum atomic E-state index is 12.3. The van der Waals surface area contributed by atoms with Gasteiger partial charge in [-0.25, -0.2) is 0 Å². The van der Waals surface area contributed by atoms with Crippen LogP contribution < -0.4 is 15.0 Å². The molecule has 1 saturated heterocycles. The Kier molecular flexibility index (Phi) is 6.37. The Bertz CT molecular complexity index is 996. The number of halogens is 4. The lowest BCUT2D eigenvalue weighted by atomic mass is 9.89. The van der Waals surface area contributed by atoms with Gasteiger partial charge in [-0.05, 0) is 61.8 Å². The van der Waals surface area contributed by atoms with Crippen LogP contribution in [0.4, 0.5) is 18.9 Å². The molecule has 2 unspecified atom stereocenters. The van der Waals surface area contributed by atoms with Gasteiger partial charge in [0.25, 0.3) is 5.91 Å². The molecule has 2 atom stereocenters. The highest BCUT2D eigenvalue weighted by Crippen LogP contribution is 2.41. The van der Waals surface area contributed by atoms with E-state index in [0.29, 0.717) is 35.4 Å². The van der Waals surface area contributed by atoms with Crippen molar-refractivity contribution in [1.82, 2.24) is 15.1 Å². The number of nitrogens with one attached hydrogen (secondary N) is 1. The van der Waals surface area contributed by atoms with E-state index in [4.69, 9.17) is 16.3 Å². The van der Waals surface area contributed by atoms with Crippen LogP contribution >= 0.6 is 11.6 Å². The number of fused-ring (bicyclic) bond motifs is 1. The summed E-state index contributed by atoms with van der Waals surface area (Å²) in [5.41, 5.74) is 0.992. The third-order valence-corrected chi connectivity index (χ3v) is 7.25. The van der Waals surface area contributed by atoms with E-state index in [1.54, 1.807) is 35.1 Å². The van der Waals surface area contributed by atoms with Gasteiger partial charge in [-0.3, -0.25) is 14.2 Å². The van der Waals surface area contributed by atoms with E-state index in [2.05, 4.69) is 20.1 Å². The minimum absolute atomic E-state index is 0.0329. The van der Waals surface area contributed by atoms with Crippen molar-refractivity contribution in [2.24, 2.45) is 11.8 Å². The molecule has 5 rings (SSSR count). The van der Waals surface area contributed by atoms with Crippen LogP contribution in [0.2, 0.25) is 5.02 Å². The second-order valence-electron chi connectivity index (χ2n) is 9.39. The zero-order valence-electron chi connectivity index (χ0n) is 18.4. The Balaban J connectivity index is 1.05. The number of nitrogens with zero attached hydrogens (tertiary/aromatic N) is 3. The molecule has 1 amide bonds. The van der Waals surface area contributed by atoms with Gasteiger partial charge < -0.3 is 15.0 Å². The highest BCUT2D eigenvalue weighted by atomic mass is 35.5. The molecule has 1 aromatic heterocycles. The molecule has 1 N–H and O–H groups in total. The minimum Gasteiger partial charge on any atom is -0.484 e. The molecule has 2 aliphatic carbocycles. The normalized spacial score (nSPS) is 28.5. The minimum atomic E-state index is -4.58. The number of ether oxygens (including phenoxy) is 2. The summed E-state index contributed by atoms with van der Waals surface area (Å²) < 4.78 is 48.3. The van der Waals surface area contributed by atoms with Crippen molar-refractivity contribution < 1.29 is 27.4 Å². The number of anilines is 1. The largest absolute Gasteiger partial charge is 0.522 e. The lowest BCUT2D eigenvalue weighted by Crippen LogP contribution is -2.37. The number of amides is 1. The number of benzene rings is 1.